The fourth-order valence-corrected chi connectivity index (χ4v) is 3.25. The monoisotopic (exact) mass is 409 g/mol. The molecule has 1 atom stereocenters. The van der Waals surface area contributed by atoms with Crippen LogP contribution in [-0.4, -0.2) is 67.7 Å². The number of hydrogen-bond donors (Lipinski definition) is 1. The summed E-state index contributed by atoms with van der Waals surface area (Å²) < 4.78 is 5.59. The van der Waals surface area contributed by atoms with Crippen LogP contribution in [0, 0.1) is 0 Å². The zero-order valence-corrected chi connectivity index (χ0v) is 16.5. The number of carbonyl (C=O) groups is 1. The summed E-state index contributed by atoms with van der Waals surface area (Å²) in [4.78, 5) is 16.9. The molecule has 142 valence electrons. The summed E-state index contributed by atoms with van der Waals surface area (Å²) in [6, 6.07) is 7.99. The van der Waals surface area contributed by atoms with Gasteiger partial charge in [0.25, 0.3) is 5.91 Å². The van der Waals surface area contributed by atoms with Crippen molar-refractivity contribution in [3.8, 4) is 0 Å². The third-order valence-corrected chi connectivity index (χ3v) is 4.67. The minimum Gasteiger partial charge on any atom is -0.366 e. The van der Waals surface area contributed by atoms with E-state index in [0.717, 1.165) is 50.7 Å². The van der Waals surface area contributed by atoms with Crippen molar-refractivity contribution in [1.29, 1.82) is 0 Å². The highest BCUT2D eigenvalue weighted by molar-refractivity contribution is 6.30. The molecule has 0 radical (unpaired) electrons. The van der Waals surface area contributed by atoms with Gasteiger partial charge in [-0.2, -0.15) is 0 Å². The molecule has 0 aromatic heterocycles. The summed E-state index contributed by atoms with van der Waals surface area (Å²) in [7, 11) is 0. The number of amides is 1. The van der Waals surface area contributed by atoms with E-state index in [4.69, 9.17) is 16.3 Å². The third kappa shape index (κ3) is 6.59. The first-order valence-electron chi connectivity index (χ1n) is 8.30. The summed E-state index contributed by atoms with van der Waals surface area (Å²) in [5.41, 5.74) is 1.26. The first-order chi connectivity index (χ1) is 11.2. The third-order valence-electron chi connectivity index (χ3n) is 4.42. The molecule has 8 heteroatoms. The van der Waals surface area contributed by atoms with Gasteiger partial charge in [-0.05, 0) is 24.1 Å². The van der Waals surface area contributed by atoms with Gasteiger partial charge in [-0.25, -0.2) is 0 Å². The number of hydrogen-bond acceptors (Lipinski definition) is 4. The Kier molecular flexibility index (Phi) is 10.1. The Morgan fingerprint density at radius 1 is 1.16 bits per heavy atom. The van der Waals surface area contributed by atoms with Crippen LogP contribution in [0.4, 0.5) is 0 Å². The van der Waals surface area contributed by atoms with Crippen molar-refractivity contribution in [3.63, 3.8) is 0 Å². The van der Waals surface area contributed by atoms with Gasteiger partial charge in [0.1, 0.15) is 6.10 Å². The minimum absolute atomic E-state index is 0. The first kappa shape index (κ1) is 22.5. The number of benzene rings is 1. The lowest BCUT2D eigenvalue weighted by Crippen LogP contribution is -2.50. The van der Waals surface area contributed by atoms with Gasteiger partial charge in [-0.3, -0.25) is 9.69 Å². The van der Waals surface area contributed by atoms with Gasteiger partial charge < -0.3 is 15.0 Å². The maximum Gasteiger partial charge on any atom is 0.253 e. The molecule has 2 saturated heterocycles. The van der Waals surface area contributed by atoms with Crippen molar-refractivity contribution in [3.05, 3.63) is 34.9 Å². The van der Waals surface area contributed by atoms with Crippen molar-refractivity contribution < 1.29 is 9.53 Å². The van der Waals surface area contributed by atoms with Crippen LogP contribution in [0.3, 0.4) is 0 Å². The van der Waals surface area contributed by atoms with E-state index in [9.17, 15) is 4.79 Å². The highest BCUT2D eigenvalue weighted by Crippen LogP contribution is 2.14. The van der Waals surface area contributed by atoms with Gasteiger partial charge in [0.15, 0.2) is 0 Å². The normalized spacial score (nSPS) is 21.6. The molecule has 0 saturated carbocycles. The van der Waals surface area contributed by atoms with Crippen LogP contribution in [0.15, 0.2) is 24.3 Å². The molecule has 3 rings (SSSR count). The number of morpholine rings is 1. The molecule has 0 bridgehead atoms. The Morgan fingerprint density at radius 3 is 2.60 bits per heavy atom. The Labute approximate surface area is 166 Å². The summed E-state index contributed by atoms with van der Waals surface area (Å²) in [5.74, 6) is 0.130. The molecule has 0 aliphatic carbocycles. The molecule has 0 spiro atoms. The van der Waals surface area contributed by atoms with Crippen LogP contribution >= 0.6 is 36.4 Å². The van der Waals surface area contributed by atoms with E-state index in [1.54, 1.807) is 0 Å². The van der Waals surface area contributed by atoms with Gasteiger partial charge in [-0.15, -0.1) is 24.8 Å². The fourth-order valence-electron chi connectivity index (χ4n) is 3.13. The van der Waals surface area contributed by atoms with E-state index in [0.29, 0.717) is 13.2 Å². The quantitative estimate of drug-likeness (QED) is 0.830. The van der Waals surface area contributed by atoms with Gasteiger partial charge in [0, 0.05) is 50.8 Å². The van der Waals surface area contributed by atoms with E-state index >= 15 is 0 Å². The largest absolute Gasteiger partial charge is 0.366 e. The van der Waals surface area contributed by atoms with Crippen LogP contribution in [0.5, 0.6) is 0 Å². The molecule has 2 fully saturated rings. The smallest absolute Gasteiger partial charge is 0.253 e. The molecule has 1 amide bonds. The topological polar surface area (TPSA) is 44.8 Å². The van der Waals surface area contributed by atoms with E-state index < -0.39 is 0 Å². The Hall–Kier alpha value is -0.560. The summed E-state index contributed by atoms with van der Waals surface area (Å²) >= 11 is 5.93. The molecule has 1 aromatic rings. The standard InChI is InChI=1S/C17H24ClN3O2.2ClH/c18-15-4-2-14(3-5-15)13-20-7-1-8-21(10-9-20)17(22)16-12-19-6-11-23-16;;/h2-5,16,19H,1,6-13H2;2*1H. The maximum atomic E-state index is 12.5. The zero-order valence-electron chi connectivity index (χ0n) is 14.2. The average molecular weight is 411 g/mol. The zero-order chi connectivity index (χ0) is 16.1. The number of ether oxygens (including phenoxy) is 1. The van der Waals surface area contributed by atoms with Gasteiger partial charge >= 0.3 is 0 Å². The molecule has 2 aliphatic heterocycles. The number of nitrogens with zero attached hydrogens (tertiary/aromatic N) is 2. The highest BCUT2D eigenvalue weighted by Gasteiger charge is 2.28. The van der Waals surface area contributed by atoms with Gasteiger partial charge in [-0.1, -0.05) is 23.7 Å². The molecular formula is C17H26Cl3N3O2. The second kappa shape index (κ2) is 11.2. The summed E-state index contributed by atoms with van der Waals surface area (Å²) in [6.07, 6.45) is 0.686. The molecule has 2 aliphatic rings. The summed E-state index contributed by atoms with van der Waals surface area (Å²) in [6.45, 7) is 6.48. The van der Waals surface area contributed by atoms with Crippen molar-refractivity contribution in [2.45, 2.75) is 19.1 Å². The fraction of sp³-hybridized carbons (Fsp3) is 0.588. The SMILES string of the molecule is Cl.Cl.O=C(C1CNCCO1)N1CCCN(Cc2ccc(Cl)cc2)CC1. The van der Waals surface area contributed by atoms with E-state index in [1.807, 2.05) is 17.0 Å². The molecule has 25 heavy (non-hydrogen) atoms. The summed E-state index contributed by atoms with van der Waals surface area (Å²) in [5, 5.41) is 3.99. The molecule has 1 aromatic carbocycles. The van der Waals surface area contributed by atoms with E-state index in [2.05, 4.69) is 22.3 Å². The van der Waals surface area contributed by atoms with Crippen molar-refractivity contribution in [2.75, 3.05) is 45.9 Å². The van der Waals surface area contributed by atoms with Crippen LogP contribution in [0.25, 0.3) is 0 Å². The van der Waals surface area contributed by atoms with E-state index in [1.165, 1.54) is 5.56 Å². The number of carbonyl (C=O) groups excluding carboxylic acids is 1. The maximum absolute atomic E-state index is 12.5. The van der Waals surface area contributed by atoms with Crippen LogP contribution < -0.4 is 5.32 Å². The van der Waals surface area contributed by atoms with E-state index in [-0.39, 0.29) is 36.8 Å². The molecule has 5 nitrogen and oxygen atoms in total. The van der Waals surface area contributed by atoms with Crippen molar-refractivity contribution in [1.82, 2.24) is 15.1 Å². The molecular weight excluding hydrogens is 385 g/mol. The number of rotatable bonds is 3. The molecule has 2 heterocycles. The Balaban J connectivity index is 0.00000156. The Bertz CT molecular complexity index is 524. The predicted molar refractivity (Wildman–Crippen MR) is 105 cm³/mol. The highest BCUT2D eigenvalue weighted by atomic mass is 35.5. The lowest BCUT2D eigenvalue weighted by Gasteiger charge is -2.29. The second-order valence-electron chi connectivity index (χ2n) is 6.15. The van der Waals surface area contributed by atoms with Crippen molar-refractivity contribution in [2.24, 2.45) is 0 Å². The molecule has 1 unspecified atom stereocenters. The van der Waals surface area contributed by atoms with Gasteiger partial charge in [0.2, 0.25) is 0 Å². The second-order valence-corrected chi connectivity index (χ2v) is 6.58. The predicted octanol–water partition coefficient (Wildman–Crippen LogP) is 2.21. The van der Waals surface area contributed by atoms with Crippen LogP contribution in [0.1, 0.15) is 12.0 Å². The lowest BCUT2D eigenvalue weighted by atomic mass is 10.2. The van der Waals surface area contributed by atoms with Crippen LogP contribution in [-0.2, 0) is 16.1 Å². The van der Waals surface area contributed by atoms with Crippen LogP contribution in [0.2, 0.25) is 5.02 Å². The number of nitrogens with one attached hydrogen (secondary N) is 1. The lowest BCUT2D eigenvalue weighted by molar-refractivity contribution is -0.145. The van der Waals surface area contributed by atoms with Gasteiger partial charge in [0.05, 0.1) is 6.61 Å². The van der Waals surface area contributed by atoms with Crippen molar-refractivity contribution >= 4 is 42.3 Å². The minimum atomic E-state index is -0.313. The average Bonchev–Trinajstić information content (AvgIpc) is 2.83. The first-order valence-corrected chi connectivity index (χ1v) is 8.68. The Morgan fingerprint density at radius 2 is 1.92 bits per heavy atom. The number of halogens is 3. The molecule has 1 N–H and O–H groups in total.